The molecular formula is C19H19N3O7. The number of para-hydroxylation sites is 1. The second-order valence-corrected chi connectivity index (χ2v) is 5.62. The Balaban J connectivity index is 1.77. The van der Waals surface area contributed by atoms with Crippen LogP contribution in [0.1, 0.15) is 17.3 Å². The van der Waals surface area contributed by atoms with E-state index in [-0.39, 0.29) is 11.3 Å². The lowest BCUT2D eigenvalue weighted by Crippen LogP contribution is -2.32. The molecule has 0 aromatic heterocycles. The first-order valence-corrected chi connectivity index (χ1v) is 8.60. The van der Waals surface area contributed by atoms with Crippen LogP contribution < -0.4 is 15.4 Å². The number of anilines is 1. The van der Waals surface area contributed by atoms with E-state index in [2.05, 4.69) is 10.6 Å². The molecule has 0 spiro atoms. The van der Waals surface area contributed by atoms with Gasteiger partial charge in [-0.3, -0.25) is 24.5 Å². The van der Waals surface area contributed by atoms with Crippen LogP contribution in [0.2, 0.25) is 0 Å². The summed E-state index contributed by atoms with van der Waals surface area (Å²) in [5.41, 5.74) is 0.478. The van der Waals surface area contributed by atoms with Crippen molar-refractivity contribution in [2.45, 2.75) is 6.92 Å². The number of nitro groups is 1. The van der Waals surface area contributed by atoms with Crippen LogP contribution in [0.3, 0.4) is 0 Å². The Morgan fingerprint density at radius 2 is 1.76 bits per heavy atom. The van der Waals surface area contributed by atoms with E-state index >= 15 is 0 Å². The lowest BCUT2D eigenvalue weighted by Gasteiger charge is -2.10. The van der Waals surface area contributed by atoms with Crippen LogP contribution in [0.5, 0.6) is 5.75 Å². The van der Waals surface area contributed by atoms with Gasteiger partial charge >= 0.3 is 5.97 Å². The molecule has 0 aliphatic heterocycles. The molecule has 0 radical (unpaired) electrons. The van der Waals surface area contributed by atoms with Crippen molar-refractivity contribution in [1.29, 1.82) is 0 Å². The second-order valence-electron chi connectivity index (χ2n) is 5.62. The highest BCUT2D eigenvalue weighted by molar-refractivity contribution is 5.98. The number of carbonyl (C=O) groups is 3. The van der Waals surface area contributed by atoms with E-state index in [0.717, 1.165) is 0 Å². The predicted octanol–water partition coefficient (Wildman–Crippen LogP) is 1.91. The summed E-state index contributed by atoms with van der Waals surface area (Å²) >= 11 is 0. The monoisotopic (exact) mass is 401 g/mol. The summed E-state index contributed by atoms with van der Waals surface area (Å²) in [6.07, 6.45) is 0. The number of benzene rings is 2. The van der Waals surface area contributed by atoms with E-state index in [4.69, 9.17) is 9.47 Å². The lowest BCUT2D eigenvalue weighted by molar-refractivity contribution is -0.384. The first-order chi connectivity index (χ1) is 13.9. The highest BCUT2D eigenvalue weighted by atomic mass is 16.6. The zero-order valence-electron chi connectivity index (χ0n) is 15.5. The molecule has 2 aromatic rings. The van der Waals surface area contributed by atoms with Gasteiger partial charge < -0.3 is 20.1 Å². The summed E-state index contributed by atoms with van der Waals surface area (Å²) in [6.45, 7) is 1.18. The maximum Gasteiger partial charge on any atom is 0.325 e. The standard InChI is InChI=1S/C19H19N3O7/c1-2-28-16-6-4-3-5-15(16)19(25)20-11-18(24)29-12-17(23)21-13-7-9-14(10-8-13)22(26)27/h3-10H,2,11-12H2,1H3,(H,20,25)(H,21,23). The van der Waals surface area contributed by atoms with E-state index in [9.17, 15) is 24.5 Å². The maximum atomic E-state index is 12.2. The molecule has 0 aliphatic carbocycles. The molecule has 10 nitrogen and oxygen atoms in total. The largest absolute Gasteiger partial charge is 0.493 e. The Hall–Kier alpha value is -3.95. The zero-order valence-corrected chi connectivity index (χ0v) is 15.5. The number of nitrogens with one attached hydrogen (secondary N) is 2. The average molecular weight is 401 g/mol. The van der Waals surface area contributed by atoms with Crippen molar-refractivity contribution in [3.05, 3.63) is 64.2 Å². The SMILES string of the molecule is CCOc1ccccc1C(=O)NCC(=O)OCC(=O)Nc1ccc([N+](=O)[O-])cc1. The van der Waals surface area contributed by atoms with Crippen molar-refractivity contribution in [2.24, 2.45) is 0 Å². The van der Waals surface area contributed by atoms with Crippen molar-refractivity contribution < 1.29 is 28.8 Å². The molecule has 0 bridgehead atoms. The molecule has 0 atom stereocenters. The van der Waals surface area contributed by atoms with Crippen LogP contribution in [-0.4, -0.2) is 42.5 Å². The van der Waals surface area contributed by atoms with E-state index in [1.54, 1.807) is 31.2 Å². The van der Waals surface area contributed by atoms with E-state index < -0.39 is 35.9 Å². The van der Waals surface area contributed by atoms with Crippen LogP contribution in [0.15, 0.2) is 48.5 Å². The summed E-state index contributed by atoms with van der Waals surface area (Å²) in [5.74, 6) is -1.55. The minimum Gasteiger partial charge on any atom is -0.493 e. The Morgan fingerprint density at radius 1 is 1.07 bits per heavy atom. The summed E-state index contributed by atoms with van der Waals surface area (Å²) in [7, 11) is 0. The number of hydrogen-bond acceptors (Lipinski definition) is 7. The van der Waals surface area contributed by atoms with Gasteiger partial charge in [-0.05, 0) is 31.2 Å². The van der Waals surface area contributed by atoms with Gasteiger partial charge in [-0.15, -0.1) is 0 Å². The van der Waals surface area contributed by atoms with Crippen molar-refractivity contribution in [3.63, 3.8) is 0 Å². The summed E-state index contributed by atoms with van der Waals surface area (Å²) in [5, 5.41) is 15.4. The topological polar surface area (TPSA) is 137 Å². The van der Waals surface area contributed by atoms with Gasteiger partial charge in [0.1, 0.15) is 12.3 Å². The van der Waals surface area contributed by atoms with Crippen LogP contribution in [0.25, 0.3) is 0 Å². The molecular weight excluding hydrogens is 382 g/mol. The number of ether oxygens (including phenoxy) is 2. The van der Waals surface area contributed by atoms with E-state index in [1.165, 1.54) is 24.3 Å². The Kier molecular flexibility index (Phi) is 7.66. The van der Waals surface area contributed by atoms with Gasteiger partial charge in [0.15, 0.2) is 6.61 Å². The molecule has 2 N–H and O–H groups in total. The number of hydrogen-bond donors (Lipinski definition) is 2. The van der Waals surface area contributed by atoms with Crippen molar-refractivity contribution >= 4 is 29.2 Å². The molecule has 29 heavy (non-hydrogen) atoms. The van der Waals surface area contributed by atoms with Gasteiger partial charge in [0, 0.05) is 17.8 Å². The molecule has 152 valence electrons. The Labute approximate surface area is 166 Å². The minimum absolute atomic E-state index is 0.115. The zero-order chi connectivity index (χ0) is 21.2. The van der Waals surface area contributed by atoms with Crippen molar-refractivity contribution in [2.75, 3.05) is 25.1 Å². The number of non-ortho nitro benzene ring substituents is 1. The number of nitrogens with zero attached hydrogens (tertiary/aromatic N) is 1. The van der Waals surface area contributed by atoms with Crippen LogP contribution in [0, 0.1) is 10.1 Å². The summed E-state index contributed by atoms with van der Waals surface area (Å²) in [4.78, 5) is 45.7. The normalized spacial score (nSPS) is 9.97. The van der Waals surface area contributed by atoms with E-state index in [0.29, 0.717) is 18.0 Å². The lowest BCUT2D eigenvalue weighted by atomic mass is 10.2. The average Bonchev–Trinajstić information content (AvgIpc) is 2.71. The van der Waals surface area contributed by atoms with Gasteiger partial charge in [-0.1, -0.05) is 12.1 Å². The predicted molar refractivity (Wildman–Crippen MR) is 103 cm³/mol. The number of rotatable bonds is 9. The first kappa shape index (κ1) is 21.4. The number of nitro benzene ring substituents is 1. The molecule has 0 saturated heterocycles. The fraction of sp³-hybridized carbons (Fsp3) is 0.211. The molecule has 2 aromatic carbocycles. The fourth-order valence-corrected chi connectivity index (χ4v) is 2.24. The molecule has 0 saturated carbocycles. The number of carbonyl (C=O) groups excluding carboxylic acids is 3. The highest BCUT2D eigenvalue weighted by Crippen LogP contribution is 2.17. The third kappa shape index (κ3) is 6.61. The smallest absolute Gasteiger partial charge is 0.325 e. The molecule has 2 amide bonds. The fourth-order valence-electron chi connectivity index (χ4n) is 2.24. The highest BCUT2D eigenvalue weighted by Gasteiger charge is 2.14. The quantitative estimate of drug-likeness (QED) is 0.372. The summed E-state index contributed by atoms with van der Waals surface area (Å²) in [6, 6.07) is 11.8. The van der Waals surface area contributed by atoms with Crippen molar-refractivity contribution in [1.82, 2.24) is 5.32 Å². The van der Waals surface area contributed by atoms with Gasteiger partial charge in [-0.25, -0.2) is 0 Å². The maximum absolute atomic E-state index is 12.2. The molecule has 10 heteroatoms. The van der Waals surface area contributed by atoms with Crippen LogP contribution in [-0.2, 0) is 14.3 Å². The van der Waals surface area contributed by atoms with Gasteiger partial charge in [-0.2, -0.15) is 0 Å². The molecule has 2 rings (SSSR count). The summed E-state index contributed by atoms with van der Waals surface area (Å²) < 4.78 is 10.2. The number of amides is 2. The van der Waals surface area contributed by atoms with Crippen molar-refractivity contribution in [3.8, 4) is 5.75 Å². The molecule has 0 aliphatic rings. The van der Waals surface area contributed by atoms with Crippen LogP contribution >= 0.6 is 0 Å². The minimum atomic E-state index is -0.800. The van der Waals surface area contributed by atoms with E-state index in [1.807, 2.05) is 0 Å². The Bertz CT molecular complexity index is 897. The third-order valence-corrected chi connectivity index (χ3v) is 3.55. The van der Waals surface area contributed by atoms with Gasteiger partial charge in [0.25, 0.3) is 17.5 Å². The third-order valence-electron chi connectivity index (χ3n) is 3.55. The van der Waals surface area contributed by atoms with Gasteiger partial charge in [0.2, 0.25) is 0 Å². The first-order valence-electron chi connectivity index (χ1n) is 8.60. The van der Waals surface area contributed by atoms with Crippen LogP contribution in [0.4, 0.5) is 11.4 Å². The molecule has 0 unspecified atom stereocenters. The Morgan fingerprint density at radius 3 is 2.41 bits per heavy atom. The van der Waals surface area contributed by atoms with Gasteiger partial charge in [0.05, 0.1) is 17.1 Å². The number of esters is 1. The molecule has 0 heterocycles. The second kappa shape index (κ2) is 10.4. The molecule has 0 fully saturated rings.